The van der Waals surface area contributed by atoms with Gasteiger partial charge in [0, 0.05) is 39.4 Å². The van der Waals surface area contributed by atoms with Crippen LogP contribution in [0.2, 0.25) is 0 Å². The standard InChI is InChI=1S/C24H30N4O5S/c1-5-27-23(26-22-10-7-6-9-21(22)24(27)30)17(2)28(15-8-16-33-4)34(31,32)20-13-11-19(12-14-20)25-18(3)29/h6-7,9-14,17H,5,8,15-16H2,1-4H3,(H,25,29). The van der Waals surface area contributed by atoms with E-state index in [1.807, 2.05) is 6.92 Å². The van der Waals surface area contributed by atoms with Crippen molar-refractivity contribution in [2.24, 2.45) is 0 Å². The second-order valence-electron chi connectivity index (χ2n) is 7.88. The van der Waals surface area contributed by atoms with E-state index >= 15 is 0 Å². The van der Waals surface area contributed by atoms with Crippen LogP contribution in [0.4, 0.5) is 5.69 Å². The molecule has 0 aliphatic rings. The topological polar surface area (TPSA) is 111 Å². The largest absolute Gasteiger partial charge is 0.385 e. The molecule has 0 saturated carbocycles. The molecule has 9 nitrogen and oxygen atoms in total. The summed E-state index contributed by atoms with van der Waals surface area (Å²) < 4.78 is 35.4. The van der Waals surface area contributed by atoms with Crippen molar-refractivity contribution in [2.75, 3.05) is 25.6 Å². The molecule has 0 aliphatic carbocycles. The predicted octanol–water partition coefficient (Wildman–Crippen LogP) is 3.16. The second kappa shape index (κ2) is 10.9. The fourth-order valence-corrected chi connectivity index (χ4v) is 5.50. The van der Waals surface area contributed by atoms with Gasteiger partial charge in [-0.1, -0.05) is 12.1 Å². The fourth-order valence-electron chi connectivity index (χ4n) is 3.87. The molecule has 3 rings (SSSR count). The average molecular weight is 487 g/mol. The van der Waals surface area contributed by atoms with Gasteiger partial charge in [-0.2, -0.15) is 4.31 Å². The Bertz CT molecular complexity index is 1320. The van der Waals surface area contributed by atoms with E-state index in [1.54, 1.807) is 50.4 Å². The maximum Gasteiger partial charge on any atom is 0.261 e. The van der Waals surface area contributed by atoms with Crippen LogP contribution in [0.3, 0.4) is 0 Å². The highest BCUT2D eigenvalue weighted by Crippen LogP contribution is 2.28. The molecular weight excluding hydrogens is 456 g/mol. The normalized spacial score (nSPS) is 12.7. The van der Waals surface area contributed by atoms with Crippen molar-refractivity contribution in [1.29, 1.82) is 0 Å². The summed E-state index contributed by atoms with van der Waals surface area (Å²) in [5.41, 5.74) is 0.818. The Labute approximate surface area is 199 Å². The summed E-state index contributed by atoms with van der Waals surface area (Å²) in [5.74, 6) is 0.132. The van der Waals surface area contributed by atoms with E-state index in [4.69, 9.17) is 4.74 Å². The van der Waals surface area contributed by atoms with Crippen LogP contribution >= 0.6 is 0 Å². The monoisotopic (exact) mass is 486 g/mol. The van der Waals surface area contributed by atoms with Crippen molar-refractivity contribution < 1.29 is 17.9 Å². The lowest BCUT2D eigenvalue weighted by atomic mass is 10.2. The van der Waals surface area contributed by atoms with Crippen molar-refractivity contribution in [3.05, 3.63) is 64.7 Å². The average Bonchev–Trinajstić information content (AvgIpc) is 2.81. The molecule has 0 bridgehead atoms. The van der Waals surface area contributed by atoms with Gasteiger partial charge in [-0.25, -0.2) is 13.4 Å². The van der Waals surface area contributed by atoms with Gasteiger partial charge in [0.05, 0.1) is 21.8 Å². The van der Waals surface area contributed by atoms with Crippen molar-refractivity contribution in [2.45, 2.75) is 44.7 Å². The van der Waals surface area contributed by atoms with Crippen molar-refractivity contribution in [3.8, 4) is 0 Å². The molecule has 182 valence electrons. The van der Waals surface area contributed by atoms with E-state index in [1.165, 1.54) is 27.9 Å². The highest BCUT2D eigenvalue weighted by atomic mass is 32.2. The third kappa shape index (κ3) is 5.35. The van der Waals surface area contributed by atoms with Gasteiger partial charge >= 0.3 is 0 Å². The van der Waals surface area contributed by atoms with Crippen molar-refractivity contribution in [1.82, 2.24) is 13.9 Å². The number of methoxy groups -OCH3 is 1. The second-order valence-corrected chi connectivity index (χ2v) is 9.77. The molecular formula is C24H30N4O5S. The number of ether oxygens (including phenoxy) is 1. The Morgan fingerprint density at radius 1 is 1.18 bits per heavy atom. The summed E-state index contributed by atoms with van der Waals surface area (Å²) in [5, 5.41) is 3.12. The molecule has 0 saturated heterocycles. The van der Waals surface area contributed by atoms with Crippen molar-refractivity contribution in [3.63, 3.8) is 0 Å². The zero-order valence-corrected chi connectivity index (χ0v) is 20.6. The van der Waals surface area contributed by atoms with Crippen LogP contribution in [0, 0.1) is 0 Å². The molecule has 0 radical (unpaired) electrons. The first-order valence-corrected chi connectivity index (χ1v) is 12.5. The van der Waals surface area contributed by atoms with E-state index in [0.717, 1.165) is 0 Å². The Morgan fingerprint density at radius 3 is 2.47 bits per heavy atom. The van der Waals surface area contributed by atoms with Crippen LogP contribution in [-0.2, 0) is 26.1 Å². The molecule has 34 heavy (non-hydrogen) atoms. The first kappa shape index (κ1) is 25.5. The first-order valence-electron chi connectivity index (χ1n) is 11.1. The Morgan fingerprint density at radius 2 is 1.85 bits per heavy atom. The zero-order chi connectivity index (χ0) is 24.9. The van der Waals surface area contributed by atoms with E-state index in [-0.39, 0.29) is 22.9 Å². The number of nitrogens with zero attached hydrogens (tertiary/aromatic N) is 3. The first-order chi connectivity index (χ1) is 16.2. The van der Waals surface area contributed by atoms with Gasteiger partial charge in [-0.3, -0.25) is 14.2 Å². The van der Waals surface area contributed by atoms with Crippen LogP contribution in [0.25, 0.3) is 10.9 Å². The van der Waals surface area contributed by atoms with E-state index in [2.05, 4.69) is 10.3 Å². The molecule has 10 heteroatoms. The zero-order valence-electron chi connectivity index (χ0n) is 19.8. The molecule has 1 atom stereocenters. The number of benzene rings is 2. The number of anilines is 1. The number of carbonyl (C=O) groups is 1. The maximum atomic E-state index is 13.7. The number of para-hydroxylation sites is 1. The summed E-state index contributed by atoms with van der Waals surface area (Å²) in [6.07, 6.45) is 0.466. The fraction of sp³-hybridized carbons (Fsp3) is 0.375. The van der Waals surface area contributed by atoms with Gasteiger partial charge in [0.2, 0.25) is 15.9 Å². The summed E-state index contributed by atoms with van der Waals surface area (Å²) in [7, 11) is -2.40. The smallest absolute Gasteiger partial charge is 0.261 e. The van der Waals surface area contributed by atoms with Gasteiger partial charge in [0.15, 0.2) is 0 Å². The number of fused-ring (bicyclic) bond motifs is 1. The van der Waals surface area contributed by atoms with Crippen LogP contribution in [0.15, 0.2) is 58.2 Å². The minimum Gasteiger partial charge on any atom is -0.385 e. The lowest BCUT2D eigenvalue weighted by Crippen LogP contribution is -2.38. The molecule has 1 heterocycles. The van der Waals surface area contributed by atoms with Crippen LogP contribution in [0.5, 0.6) is 0 Å². The third-order valence-corrected chi connectivity index (χ3v) is 7.51. The van der Waals surface area contributed by atoms with Crippen LogP contribution < -0.4 is 10.9 Å². The highest BCUT2D eigenvalue weighted by molar-refractivity contribution is 7.89. The number of aromatic nitrogens is 2. The Balaban J connectivity index is 2.08. The van der Waals surface area contributed by atoms with Gasteiger partial charge in [0.25, 0.3) is 5.56 Å². The molecule has 1 unspecified atom stereocenters. The molecule has 0 fully saturated rings. The van der Waals surface area contributed by atoms with Crippen LogP contribution in [-0.4, -0.2) is 48.4 Å². The number of nitrogens with one attached hydrogen (secondary N) is 1. The lowest BCUT2D eigenvalue weighted by molar-refractivity contribution is -0.114. The summed E-state index contributed by atoms with van der Waals surface area (Å²) in [6.45, 7) is 5.86. The molecule has 0 aliphatic heterocycles. The van der Waals surface area contributed by atoms with E-state index < -0.39 is 16.1 Å². The Hall–Kier alpha value is -3.08. The summed E-state index contributed by atoms with van der Waals surface area (Å²) in [4.78, 5) is 29.2. The molecule has 1 N–H and O–H groups in total. The van der Waals surface area contributed by atoms with Crippen LogP contribution in [0.1, 0.15) is 39.1 Å². The SMILES string of the molecule is CCn1c(C(C)N(CCCOC)S(=O)(=O)c2ccc(NC(C)=O)cc2)nc2ccccc2c1=O. The number of sulfonamides is 1. The number of hydrogen-bond acceptors (Lipinski definition) is 6. The van der Waals surface area contributed by atoms with E-state index in [0.29, 0.717) is 42.0 Å². The predicted molar refractivity (Wildman–Crippen MR) is 131 cm³/mol. The van der Waals surface area contributed by atoms with Gasteiger partial charge in [-0.05, 0) is 56.7 Å². The van der Waals surface area contributed by atoms with Gasteiger partial charge in [0.1, 0.15) is 5.82 Å². The van der Waals surface area contributed by atoms with E-state index in [9.17, 15) is 18.0 Å². The Kier molecular flexibility index (Phi) is 8.19. The minimum atomic E-state index is -3.96. The third-order valence-electron chi connectivity index (χ3n) is 5.52. The number of carbonyl (C=O) groups excluding carboxylic acids is 1. The molecule has 1 amide bonds. The quantitative estimate of drug-likeness (QED) is 0.441. The summed E-state index contributed by atoms with van der Waals surface area (Å²) in [6, 6.07) is 12.3. The van der Waals surface area contributed by atoms with Crippen molar-refractivity contribution >= 4 is 32.5 Å². The molecule has 1 aromatic heterocycles. The summed E-state index contributed by atoms with van der Waals surface area (Å²) >= 11 is 0. The number of rotatable bonds is 10. The number of hydrogen-bond donors (Lipinski definition) is 1. The lowest BCUT2D eigenvalue weighted by Gasteiger charge is -2.29. The molecule has 0 spiro atoms. The highest BCUT2D eigenvalue weighted by Gasteiger charge is 2.32. The molecule has 3 aromatic rings. The molecule has 2 aromatic carbocycles. The van der Waals surface area contributed by atoms with Gasteiger partial charge in [-0.15, -0.1) is 0 Å². The minimum absolute atomic E-state index is 0.0806. The number of amides is 1. The van der Waals surface area contributed by atoms with Gasteiger partial charge < -0.3 is 10.1 Å². The maximum absolute atomic E-state index is 13.7.